The zero-order chi connectivity index (χ0) is 10.1. The Bertz CT molecular complexity index is 493. The zero-order valence-corrected chi connectivity index (χ0v) is 8.15. The molecule has 2 aromatic rings. The Balaban J connectivity index is 2.71. The minimum Gasteiger partial charge on any atom is -0.464 e. The van der Waals surface area contributed by atoms with Crippen molar-refractivity contribution in [1.29, 1.82) is 0 Å². The van der Waals surface area contributed by atoms with E-state index in [4.69, 9.17) is 11.6 Å². The van der Waals surface area contributed by atoms with Gasteiger partial charge in [0.2, 0.25) is 0 Å². The Morgan fingerprint density at radius 2 is 2.36 bits per heavy atom. The second-order valence-electron chi connectivity index (χ2n) is 2.69. The summed E-state index contributed by atoms with van der Waals surface area (Å²) in [6.45, 7) is 0. The fourth-order valence-electron chi connectivity index (χ4n) is 1.26. The molecule has 2 heterocycles. The number of rotatable bonds is 1. The molecule has 0 saturated carbocycles. The maximum Gasteiger partial charge on any atom is 0.355 e. The average Bonchev–Trinajstić information content (AvgIpc) is 2.59. The van der Waals surface area contributed by atoms with E-state index in [0.29, 0.717) is 16.4 Å². The molecule has 0 aromatic carbocycles. The van der Waals surface area contributed by atoms with Crippen molar-refractivity contribution in [3.05, 3.63) is 35.4 Å². The summed E-state index contributed by atoms with van der Waals surface area (Å²) in [4.78, 5) is 15.2. The van der Waals surface area contributed by atoms with Gasteiger partial charge in [0.15, 0.2) is 5.15 Å². The Hall–Kier alpha value is -1.55. The lowest BCUT2D eigenvalue weighted by Crippen LogP contribution is -2.06. The normalized spacial score (nSPS) is 10.4. The number of esters is 1. The fourth-order valence-corrected chi connectivity index (χ4v) is 1.46. The van der Waals surface area contributed by atoms with Gasteiger partial charge in [0.05, 0.1) is 12.6 Å². The number of aromatic nitrogens is 2. The van der Waals surface area contributed by atoms with E-state index in [-0.39, 0.29) is 0 Å². The van der Waals surface area contributed by atoms with E-state index in [1.165, 1.54) is 13.4 Å². The van der Waals surface area contributed by atoms with E-state index >= 15 is 0 Å². The minimum atomic E-state index is -0.412. The molecule has 0 bridgehead atoms. The molecule has 72 valence electrons. The van der Waals surface area contributed by atoms with Crippen LogP contribution in [0.2, 0.25) is 5.15 Å². The summed E-state index contributed by atoms with van der Waals surface area (Å²) in [5.74, 6) is -0.412. The highest BCUT2D eigenvalue weighted by atomic mass is 35.5. The van der Waals surface area contributed by atoms with E-state index in [1.807, 2.05) is 0 Å². The number of pyridine rings is 1. The largest absolute Gasteiger partial charge is 0.464 e. The molecule has 4 nitrogen and oxygen atoms in total. The monoisotopic (exact) mass is 210 g/mol. The van der Waals surface area contributed by atoms with Crippen LogP contribution in [0.5, 0.6) is 0 Å². The van der Waals surface area contributed by atoms with Gasteiger partial charge in [-0.1, -0.05) is 17.7 Å². The van der Waals surface area contributed by atoms with Crippen molar-refractivity contribution in [2.24, 2.45) is 0 Å². The zero-order valence-electron chi connectivity index (χ0n) is 7.40. The molecule has 0 fully saturated rings. The highest BCUT2D eigenvalue weighted by Crippen LogP contribution is 2.16. The molecular weight excluding hydrogens is 204 g/mol. The number of halogens is 1. The van der Waals surface area contributed by atoms with E-state index in [9.17, 15) is 4.79 Å². The van der Waals surface area contributed by atoms with Crippen LogP contribution in [0.15, 0.2) is 24.5 Å². The Morgan fingerprint density at radius 1 is 1.57 bits per heavy atom. The number of methoxy groups -OCH3 is 1. The molecule has 0 atom stereocenters. The summed E-state index contributed by atoms with van der Waals surface area (Å²) in [6.07, 6.45) is 1.49. The third kappa shape index (κ3) is 1.24. The quantitative estimate of drug-likeness (QED) is 0.674. The molecule has 5 heteroatoms. The summed E-state index contributed by atoms with van der Waals surface area (Å²) >= 11 is 5.81. The second-order valence-corrected chi connectivity index (χ2v) is 3.05. The Kier molecular flexibility index (Phi) is 2.13. The summed E-state index contributed by atoms with van der Waals surface area (Å²) < 4.78 is 6.21. The number of carbonyl (C=O) groups is 1. The standard InChI is InChI=1S/C9H7ClN2O2/c1-14-9(13)7-4-2-3-6-8(10)11-5-12(6)7/h2-5H,1H3. The van der Waals surface area contributed by atoms with Crippen molar-refractivity contribution in [2.45, 2.75) is 0 Å². The number of hydrogen-bond acceptors (Lipinski definition) is 3. The first-order valence-electron chi connectivity index (χ1n) is 3.94. The number of fused-ring (bicyclic) bond motifs is 1. The van der Waals surface area contributed by atoms with Crippen LogP contribution in [-0.2, 0) is 4.74 Å². The maximum absolute atomic E-state index is 11.3. The lowest BCUT2D eigenvalue weighted by atomic mass is 10.3. The summed E-state index contributed by atoms with van der Waals surface area (Å²) in [5, 5.41) is 0.371. The SMILES string of the molecule is COC(=O)c1cccc2c(Cl)ncn12. The predicted molar refractivity (Wildman–Crippen MR) is 51.5 cm³/mol. The topological polar surface area (TPSA) is 43.6 Å². The third-order valence-corrected chi connectivity index (χ3v) is 2.21. The number of hydrogen-bond donors (Lipinski definition) is 0. The van der Waals surface area contributed by atoms with Crippen LogP contribution in [0.3, 0.4) is 0 Å². The highest BCUT2D eigenvalue weighted by molar-refractivity contribution is 6.32. The van der Waals surface area contributed by atoms with Crippen molar-refractivity contribution in [3.63, 3.8) is 0 Å². The average molecular weight is 211 g/mol. The summed E-state index contributed by atoms with van der Waals surface area (Å²) in [7, 11) is 1.33. The molecule has 0 aliphatic heterocycles. The number of carbonyl (C=O) groups excluding carboxylic acids is 1. The van der Waals surface area contributed by atoms with Gasteiger partial charge in [-0.2, -0.15) is 0 Å². The van der Waals surface area contributed by atoms with Crippen LogP contribution in [-0.4, -0.2) is 22.5 Å². The highest BCUT2D eigenvalue weighted by Gasteiger charge is 2.11. The second kappa shape index (κ2) is 3.31. The van der Waals surface area contributed by atoms with Crippen molar-refractivity contribution in [2.75, 3.05) is 7.11 Å². The molecule has 0 spiro atoms. The minimum absolute atomic E-state index is 0.371. The van der Waals surface area contributed by atoms with E-state index in [0.717, 1.165) is 0 Å². The van der Waals surface area contributed by atoms with Crippen LogP contribution in [0, 0.1) is 0 Å². The smallest absolute Gasteiger partial charge is 0.355 e. The number of imidazole rings is 1. The van der Waals surface area contributed by atoms with E-state index in [1.54, 1.807) is 22.6 Å². The van der Waals surface area contributed by atoms with Crippen LogP contribution >= 0.6 is 11.6 Å². The first-order valence-corrected chi connectivity index (χ1v) is 4.31. The van der Waals surface area contributed by atoms with E-state index in [2.05, 4.69) is 9.72 Å². The molecule has 0 aliphatic carbocycles. The third-order valence-electron chi connectivity index (χ3n) is 1.92. The van der Waals surface area contributed by atoms with Gasteiger partial charge in [0.1, 0.15) is 12.0 Å². The Morgan fingerprint density at radius 3 is 3.07 bits per heavy atom. The van der Waals surface area contributed by atoms with Crippen LogP contribution in [0.1, 0.15) is 10.5 Å². The van der Waals surface area contributed by atoms with Gasteiger partial charge in [0, 0.05) is 0 Å². The fraction of sp³-hybridized carbons (Fsp3) is 0.111. The van der Waals surface area contributed by atoms with Gasteiger partial charge in [-0.15, -0.1) is 0 Å². The van der Waals surface area contributed by atoms with Gasteiger partial charge in [-0.25, -0.2) is 9.78 Å². The predicted octanol–water partition coefficient (Wildman–Crippen LogP) is 1.77. The van der Waals surface area contributed by atoms with Crippen molar-refractivity contribution < 1.29 is 9.53 Å². The molecule has 2 aromatic heterocycles. The van der Waals surface area contributed by atoms with Crippen molar-refractivity contribution in [1.82, 2.24) is 9.38 Å². The van der Waals surface area contributed by atoms with Crippen LogP contribution < -0.4 is 0 Å². The lowest BCUT2D eigenvalue weighted by molar-refractivity contribution is 0.0592. The van der Waals surface area contributed by atoms with Crippen LogP contribution in [0.4, 0.5) is 0 Å². The lowest BCUT2D eigenvalue weighted by Gasteiger charge is -2.02. The summed E-state index contributed by atoms with van der Waals surface area (Å²) in [6, 6.07) is 5.16. The molecule has 0 aliphatic rings. The van der Waals surface area contributed by atoms with Gasteiger partial charge < -0.3 is 4.74 Å². The summed E-state index contributed by atoms with van der Waals surface area (Å²) in [5.41, 5.74) is 1.10. The Labute approximate surface area is 85.1 Å². The van der Waals surface area contributed by atoms with Crippen molar-refractivity contribution >= 4 is 23.1 Å². The molecule has 2 rings (SSSR count). The van der Waals surface area contributed by atoms with Gasteiger partial charge in [-0.3, -0.25) is 4.40 Å². The molecule has 0 radical (unpaired) electrons. The van der Waals surface area contributed by atoms with Gasteiger partial charge in [0.25, 0.3) is 0 Å². The number of nitrogens with zero attached hydrogens (tertiary/aromatic N) is 2. The first-order chi connectivity index (χ1) is 6.74. The van der Waals surface area contributed by atoms with Crippen LogP contribution in [0.25, 0.3) is 5.52 Å². The molecule has 0 N–H and O–H groups in total. The van der Waals surface area contributed by atoms with Crippen molar-refractivity contribution in [3.8, 4) is 0 Å². The molecular formula is C9H7ClN2O2. The maximum atomic E-state index is 11.3. The number of ether oxygens (including phenoxy) is 1. The molecule has 0 saturated heterocycles. The molecule has 0 unspecified atom stereocenters. The van der Waals surface area contributed by atoms with Gasteiger partial charge >= 0.3 is 5.97 Å². The molecule has 0 amide bonds. The molecule has 14 heavy (non-hydrogen) atoms. The van der Waals surface area contributed by atoms with Gasteiger partial charge in [-0.05, 0) is 12.1 Å². The first kappa shape index (κ1) is 9.02. The van der Waals surface area contributed by atoms with E-state index < -0.39 is 5.97 Å².